The van der Waals surface area contributed by atoms with Gasteiger partial charge >= 0.3 is 0 Å². The summed E-state index contributed by atoms with van der Waals surface area (Å²) in [4.78, 5) is 4.86. The normalized spacial score (nSPS) is 20.4. The van der Waals surface area contributed by atoms with E-state index in [1.54, 1.807) is 17.7 Å². The Morgan fingerprint density at radius 1 is 0.917 bits per heavy atom. The summed E-state index contributed by atoms with van der Waals surface area (Å²) in [6.45, 7) is 0.0872. The second-order valence-corrected chi connectivity index (χ2v) is 11.1. The molecule has 0 amide bonds. The number of imidazole rings is 1. The molecule has 0 saturated heterocycles. The van der Waals surface area contributed by atoms with Gasteiger partial charge in [-0.1, -0.05) is 35.8 Å². The molecule has 6 aromatic rings. The number of fused-ring (bicyclic) bond motifs is 11. The van der Waals surface area contributed by atoms with Crippen molar-refractivity contribution >= 4 is 56.1 Å². The minimum Gasteiger partial charge on any atom is -0.455 e. The molecular formula is C31H20BFN2O. The lowest BCUT2D eigenvalue weighted by atomic mass is 9.35. The first-order valence-corrected chi connectivity index (χ1v) is 13.1. The first-order valence-electron chi connectivity index (χ1n) is 13.1. The Bertz CT molecular complexity index is 1990. The van der Waals surface area contributed by atoms with Crippen molar-refractivity contribution in [3.63, 3.8) is 0 Å². The number of rotatable bonds is 0. The standard InChI is InChI=1S/C31H20BFN2O/c33-17-11-21-27-22(10-9-19-18-3-1-2-4-25(18)36-31(19)27)32-28(21)24(12-17)35-14-34-23-13-20-15-5-7-16(8-6-15)26(20)29(32)30(23)35/h1-4,9-16H,5-8H2. The maximum Gasteiger partial charge on any atom is 0.248 e. The fourth-order valence-electron chi connectivity index (χ4n) is 8.30. The van der Waals surface area contributed by atoms with Gasteiger partial charge in [-0.15, -0.1) is 0 Å². The van der Waals surface area contributed by atoms with Crippen LogP contribution in [0.1, 0.15) is 48.6 Å². The maximum atomic E-state index is 15.3. The van der Waals surface area contributed by atoms with Gasteiger partial charge in [-0.3, -0.25) is 4.57 Å². The highest BCUT2D eigenvalue weighted by Gasteiger charge is 2.47. The second-order valence-electron chi connectivity index (χ2n) is 11.1. The van der Waals surface area contributed by atoms with Gasteiger partial charge in [0.1, 0.15) is 23.3 Å². The largest absolute Gasteiger partial charge is 0.455 e. The van der Waals surface area contributed by atoms with Gasteiger partial charge in [0, 0.05) is 22.0 Å². The van der Waals surface area contributed by atoms with Crippen molar-refractivity contribution in [1.82, 2.24) is 9.55 Å². The Morgan fingerprint density at radius 3 is 2.69 bits per heavy atom. The van der Waals surface area contributed by atoms with Gasteiger partial charge in [0.05, 0.1) is 11.0 Å². The van der Waals surface area contributed by atoms with Crippen LogP contribution in [-0.4, -0.2) is 16.3 Å². The quantitative estimate of drug-likeness (QED) is 0.272. The van der Waals surface area contributed by atoms with E-state index in [1.807, 2.05) is 18.5 Å². The van der Waals surface area contributed by atoms with Gasteiger partial charge in [0.25, 0.3) is 0 Å². The molecule has 2 bridgehead atoms. The van der Waals surface area contributed by atoms with Crippen LogP contribution in [0.25, 0.3) is 49.8 Å². The minimum atomic E-state index is -0.217. The number of halogens is 1. The lowest BCUT2D eigenvalue weighted by Gasteiger charge is -2.41. The summed E-state index contributed by atoms with van der Waals surface area (Å²) in [5.41, 5.74) is 13.9. The van der Waals surface area contributed by atoms with E-state index in [0.29, 0.717) is 11.8 Å². The summed E-state index contributed by atoms with van der Waals surface area (Å²) in [6.07, 6.45) is 7.03. The van der Waals surface area contributed by atoms with Crippen LogP contribution >= 0.6 is 0 Å². The molecule has 2 aromatic heterocycles. The van der Waals surface area contributed by atoms with Crippen LogP contribution in [-0.2, 0) is 0 Å². The first kappa shape index (κ1) is 18.4. The fourth-order valence-corrected chi connectivity index (χ4v) is 8.30. The van der Waals surface area contributed by atoms with Crippen molar-refractivity contribution in [2.45, 2.75) is 37.5 Å². The van der Waals surface area contributed by atoms with Crippen molar-refractivity contribution in [1.29, 1.82) is 0 Å². The zero-order chi connectivity index (χ0) is 23.3. The van der Waals surface area contributed by atoms with Crippen LogP contribution in [0.4, 0.5) is 4.39 Å². The van der Waals surface area contributed by atoms with Gasteiger partial charge < -0.3 is 4.42 Å². The van der Waals surface area contributed by atoms with E-state index in [2.05, 4.69) is 34.9 Å². The predicted octanol–water partition coefficient (Wildman–Crippen LogP) is 5.63. The molecule has 3 nitrogen and oxygen atoms in total. The number of nitrogens with zero attached hydrogens (tertiary/aromatic N) is 2. The third-order valence-electron chi connectivity index (χ3n) is 9.64. The number of aromatic nitrogens is 2. The molecule has 1 fully saturated rings. The lowest BCUT2D eigenvalue weighted by molar-refractivity contribution is 0.360. The molecule has 11 rings (SSSR count). The van der Waals surface area contributed by atoms with E-state index in [1.165, 1.54) is 53.2 Å². The Balaban J connectivity index is 1.41. The van der Waals surface area contributed by atoms with E-state index in [0.717, 1.165) is 44.3 Å². The van der Waals surface area contributed by atoms with Crippen LogP contribution in [0.5, 0.6) is 0 Å². The highest BCUT2D eigenvalue weighted by atomic mass is 19.1. The highest BCUT2D eigenvalue weighted by Crippen LogP contribution is 2.50. The molecular weight excluding hydrogens is 446 g/mol. The third kappa shape index (κ3) is 1.93. The molecule has 3 aliphatic carbocycles. The summed E-state index contributed by atoms with van der Waals surface area (Å²) in [7, 11) is 0. The lowest BCUT2D eigenvalue weighted by Crippen LogP contribution is -2.55. The molecule has 0 N–H and O–H groups in total. The number of para-hydroxylation sites is 1. The molecule has 4 aromatic carbocycles. The van der Waals surface area contributed by atoms with Crippen LogP contribution in [0, 0.1) is 5.82 Å². The SMILES string of the molecule is Fc1cc2c3c(c1)-n1cnc4cc5c(c(c41)B3c1ccc3c(oc4ccccc43)c1-2)C1CCC5CC1. The molecule has 0 spiro atoms. The monoisotopic (exact) mass is 466 g/mol. The van der Waals surface area contributed by atoms with Gasteiger partial charge in [0.15, 0.2) is 0 Å². The van der Waals surface area contributed by atoms with E-state index >= 15 is 4.39 Å². The topological polar surface area (TPSA) is 31.0 Å². The molecule has 5 aliphatic rings. The second kappa shape index (κ2) is 5.92. The Labute approximate surface area is 206 Å². The average molecular weight is 466 g/mol. The van der Waals surface area contributed by atoms with Crippen molar-refractivity contribution in [2.24, 2.45) is 0 Å². The summed E-state index contributed by atoms with van der Waals surface area (Å²) < 4.78 is 23.9. The van der Waals surface area contributed by atoms with Gasteiger partial charge in [0.2, 0.25) is 6.71 Å². The van der Waals surface area contributed by atoms with E-state index in [4.69, 9.17) is 9.40 Å². The number of hydrogen-bond acceptors (Lipinski definition) is 2. The van der Waals surface area contributed by atoms with Crippen molar-refractivity contribution in [3.8, 4) is 16.8 Å². The smallest absolute Gasteiger partial charge is 0.248 e. The van der Waals surface area contributed by atoms with Crippen molar-refractivity contribution in [2.75, 3.05) is 0 Å². The average Bonchev–Trinajstić information content (AvgIpc) is 3.59. The van der Waals surface area contributed by atoms with Gasteiger partial charge in [-0.25, -0.2) is 9.37 Å². The molecule has 2 aliphatic heterocycles. The zero-order valence-electron chi connectivity index (χ0n) is 19.5. The van der Waals surface area contributed by atoms with E-state index in [-0.39, 0.29) is 12.5 Å². The summed E-state index contributed by atoms with van der Waals surface area (Å²) in [5, 5.41) is 2.21. The Kier molecular flexibility index (Phi) is 3.03. The third-order valence-corrected chi connectivity index (χ3v) is 9.64. The molecule has 0 atom stereocenters. The van der Waals surface area contributed by atoms with E-state index < -0.39 is 0 Å². The van der Waals surface area contributed by atoms with Gasteiger partial charge in [-0.2, -0.15) is 0 Å². The number of furan rings is 1. The van der Waals surface area contributed by atoms with Crippen molar-refractivity contribution < 1.29 is 8.81 Å². The number of hydrogen-bond donors (Lipinski definition) is 0. The summed E-state index contributed by atoms with van der Waals surface area (Å²) >= 11 is 0. The van der Waals surface area contributed by atoms with Crippen LogP contribution < -0.4 is 16.4 Å². The Hall–Kier alpha value is -3.86. The maximum absolute atomic E-state index is 15.3. The molecule has 5 heteroatoms. The zero-order valence-corrected chi connectivity index (χ0v) is 19.5. The fraction of sp³-hybridized carbons (Fsp3) is 0.194. The highest BCUT2D eigenvalue weighted by molar-refractivity contribution is 7.01. The Morgan fingerprint density at radius 2 is 1.78 bits per heavy atom. The van der Waals surface area contributed by atoms with Crippen LogP contribution in [0.2, 0.25) is 0 Å². The molecule has 0 radical (unpaired) electrons. The molecule has 4 heterocycles. The molecule has 0 unspecified atom stereocenters. The summed E-state index contributed by atoms with van der Waals surface area (Å²) in [6, 6.07) is 18.5. The predicted molar refractivity (Wildman–Crippen MR) is 142 cm³/mol. The van der Waals surface area contributed by atoms with Crippen molar-refractivity contribution in [3.05, 3.63) is 77.9 Å². The summed E-state index contributed by atoms with van der Waals surface area (Å²) in [5.74, 6) is 1.03. The molecule has 36 heavy (non-hydrogen) atoms. The minimum absolute atomic E-state index is 0.0872. The molecule has 170 valence electrons. The first-order chi connectivity index (χ1) is 17.8. The van der Waals surface area contributed by atoms with Gasteiger partial charge in [-0.05, 0) is 89.4 Å². The van der Waals surface area contributed by atoms with E-state index in [9.17, 15) is 0 Å². The van der Waals surface area contributed by atoms with Crippen LogP contribution in [0.15, 0.2) is 65.3 Å². The molecule has 1 saturated carbocycles. The van der Waals surface area contributed by atoms with Crippen LogP contribution in [0.3, 0.4) is 0 Å². The number of benzene rings is 4.